The Morgan fingerprint density at radius 2 is 2.21 bits per heavy atom. The van der Waals surface area contributed by atoms with Gasteiger partial charge in [-0.2, -0.15) is 0 Å². The van der Waals surface area contributed by atoms with Crippen LogP contribution in [0.25, 0.3) is 10.7 Å². The predicted molar refractivity (Wildman–Crippen MR) is 72.2 cm³/mol. The molecule has 0 spiro atoms. The molecule has 2 rings (SSSR count). The fraction of sp³-hybridized carbons (Fsp3) is 0.308. The van der Waals surface area contributed by atoms with Crippen LogP contribution in [0, 0.1) is 0 Å². The van der Waals surface area contributed by atoms with Crippen LogP contribution in [-0.4, -0.2) is 29.7 Å². The van der Waals surface area contributed by atoms with Gasteiger partial charge in [0, 0.05) is 11.4 Å². The molecule has 0 radical (unpaired) electrons. The topological polar surface area (TPSA) is 61.3 Å². The van der Waals surface area contributed by atoms with Gasteiger partial charge in [0.1, 0.15) is 10.7 Å². The Morgan fingerprint density at radius 3 is 2.95 bits per heavy atom. The van der Waals surface area contributed by atoms with Crippen molar-refractivity contribution in [1.82, 2.24) is 9.97 Å². The Morgan fingerprint density at radius 1 is 1.37 bits per heavy atom. The minimum Gasteiger partial charge on any atom is -0.481 e. The molecule has 0 fully saturated rings. The fourth-order valence-electron chi connectivity index (χ4n) is 1.51. The number of rotatable bonds is 5. The molecular formula is C13H14N2O3S. The lowest BCUT2D eigenvalue weighted by Crippen LogP contribution is -2.07. The number of hydrogen-bond donors (Lipinski definition) is 0. The van der Waals surface area contributed by atoms with Crippen molar-refractivity contribution in [3.8, 4) is 16.6 Å². The fourth-order valence-corrected chi connectivity index (χ4v) is 2.30. The molecule has 0 saturated carbocycles. The predicted octanol–water partition coefficient (Wildman–Crippen LogP) is 2.32. The highest BCUT2D eigenvalue weighted by Gasteiger charge is 2.10. The van der Waals surface area contributed by atoms with Crippen molar-refractivity contribution in [1.29, 1.82) is 0 Å². The molecule has 0 aliphatic heterocycles. The van der Waals surface area contributed by atoms with Gasteiger partial charge in [0.15, 0.2) is 0 Å². The standard InChI is InChI=1S/C13H14N2O3S/c1-3-18-12(16)7-9-8-19-13(14-9)10-5-4-6-11(15-10)17-2/h4-6,8H,3,7H2,1-2H3. The lowest BCUT2D eigenvalue weighted by molar-refractivity contribution is -0.142. The average molecular weight is 278 g/mol. The van der Waals surface area contributed by atoms with Gasteiger partial charge in [-0.05, 0) is 13.0 Å². The second-order valence-electron chi connectivity index (χ2n) is 3.69. The average Bonchev–Trinajstić information content (AvgIpc) is 2.87. The third-order valence-electron chi connectivity index (χ3n) is 2.33. The molecule has 0 aliphatic rings. The van der Waals surface area contributed by atoms with Gasteiger partial charge in [0.2, 0.25) is 5.88 Å². The normalized spacial score (nSPS) is 10.2. The zero-order valence-corrected chi connectivity index (χ0v) is 11.6. The Hall–Kier alpha value is -1.95. The lowest BCUT2D eigenvalue weighted by atomic mass is 10.3. The second kappa shape index (κ2) is 6.29. The maximum atomic E-state index is 11.4. The van der Waals surface area contributed by atoms with E-state index in [2.05, 4.69) is 9.97 Å². The van der Waals surface area contributed by atoms with Crippen molar-refractivity contribution < 1.29 is 14.3 Å². The van der Waals surface area contributed by atoms with Gasteiger partial charge in [-0.15, -0.1) is 11.3 Å². The molecule has 0 amide bonds. The summed E-state index contributed by atoms with van der Waals surface area (Å²) in [5.74, 6) is 0.276. The lowest BCUT2D eigenvalue weighted by Gasteiger charge is -2.00. The van der Waals surface area contributed by atoms with E-state index in [0.29, 0.717) is 18.2 Å². The molecule has 0 N–H and O–H groups in total. The zero-order chi connectivity index (χ0) is 13.7. The number of aromatic nitrogens is 2. The van der Waals surface area contributed by atoms with Crippen LogP contribution in [0.2, 0.25) is 0 Å². The van der Waals surface area contributed by atoms with Gasteiger partial charge in [-0.25, -0.2) is 9.97 Å². The van der Waals surface area contributed by atoms with E-state index in [9.17, 15) is 4.79 Å². The van der Waals surface area contributed by atoms with Crippen molar-refractivity contribution >= 4 is 17.3 Å². The largest absolute Gasteiger partial charge is 0.481 e. The van der Waals surface area contributed by atoms with E-state index in [0.717, 1.165) is 10.7 Å². The smallest absolute Gasteiger partial charge is 0.311 e. The van der Waals surface area contributed by atoms with E-state index < -0.39 is 0 Å². The van der Waals surface area contributed by atoms with Crippen molar-refractivity contribution in [2.24, 2.45) is 0 Å². The highest BCUT2D eigenvalue weighted by atomic mass is 32.1. The molecule has 2 aromatic heterocycles. The number of pyridine rings is 1. The van der Waals surface area contributed by atoms with Crippen LogP contribution in [0.15, 0.2) is 23.6 Å². The Kier molecular flexibility index (Phi) is 4.46. The summed E-state index contributed by atoms with van der Waals surface area (Å²) < 4.78 is 9.96. The molecular weight excluding hydrogens is 264 g/mol. The summed E-state index contributed by atoms with van der Waals surface area (Å²) in [6.07, 6.45) is 0.189. The van der Waals surface area contributed by atoms with Crippen LogP contribution in [0.3, 0.4) is 0 Å². The first-order valence-corrected chi connectivity index (χ1v) is 6.72. The van der Waals surface area contributed by atoms with Crippen LogP contribution in [0.1, 0.15) is 12.6 Å². The summed E-state index contributed by atoms with van der Waals surface area (Å²) in [6, 6.07) is 5.49. The van der Waals surface area contributed by atoms with Gasteiger partial charge in [-0.1, -0.05) is 6.07 Å². The SMILES string of the molecule is CCOC(=O)Cc1csc(-c2cccc(OC)n2)n1. The molecule has 0 bridgehead atoms. The summed E-state index contributed by atoms with van der Waals surface area (Å²) in [5, 5.41) is 2.60. The highest BCUT2D eigenvalue weighted by Crippen LogP contribution is 2.23. The van der Waals surface area contributed by atoms with E-state index in [-0.39, 0.29) is 12.4 Å². The van der Waals surface area contributed by atoms with Crippen molar-refractivity contribution in [3.63, 3.8) is 0 Å². The maximum absolute atomic E-state index is 11.4. The number of hydrogen-bond acceptors (Lipinski definition) is 6. The van der Waals surface area contributed by atoms with Crippen LogP contribution in [0.4, 0.5) is 0 Å². The molecule has 19 heavy (non-hydrogen) atoms. The van der Waals surface area contributed by atoms with E-state index in [4.69, 9.17) is 9.47 Å². The Labute approximate surface area is 115 Å². The van der Waals surface area contributed by atoms with E-state index in [1.54, 1.807) is 20.1 Å². The maximum Gasteiger partial charge on any atom is 0.311 e. The van der Waals surface area contributed by atoms with Gasteiger partial charge in [0.25, 0.3) is 0 Å². The number of nitrogens with zero attached hydrogens (tertiary/aromatic N) is 2. The van der Waals surface area contributed by atoms with Crippen LogP contribution in [0.5, 0.6) is 5.88 Å². The van der Waals surface area contributed by atoms with E-state index in [1.165, 1.54) is 11.3 Å². The molecule has 0 aliphatic carbocycles. The number of carbonyl (C=O) groups excluding carboxylic acids is 1. The molecule has 100 valence electrons. The number of ether oxygens (including phenoxy) is 2. The molecule has 2 aromatic rings. The Bertz CT molecular complexity index is 569. The number of methoxy groups -OCH3 is 1. The minimum atomic E-state index is -0.266. The Balaban J connectivity index is 2.13. The quantitative estimate of drug-likeness (QED) is 0.785. The molecule has 6 heteroatoms. The summed E-state index contributed by atoms with van der Waals surface area (Å²) in [7, 11) is 1.57. The summed E-state index contributed by atoms with van der Waals surface area (Å²) in [6.45, 7) is 2.16. The molecule has 0 aromatic carbocycles. The number of carbonyl (C=O) groups is 1. The molecule has 0 atom stereocenters. The van der Waals surface area contributed by atoms with Gasteiger partial charge < -0.3 is 9.47 Å². The molecule has 0 unspecified atom stereocenters. The number of thiazole rings is 1. The van der Waals surface area contributed by atoms with Gasteiger partial charge >= 0.3 is 5.97 Å². The molecule has 0 saturated heterocycles. The molecule has 5 nitrogen and oxygen atoms in total. The van der Waals surface area contributed by atoms with Crippen LogP contribution >= 0.6 is 11.3 Å². The first-order chi connectivity index (χ1) is 9.22. The van der Waals surface area contributed by atoms with Crippen LogP contribution < -0.4 is 4.74 Å². The highest BCUT2D eigenvalue weighted by molar-refractivity contribution is 7.13. The first-order valence-electron chi connectivity index (χ1n) is 5.84. The van der Waals surface area contributed by atoms with Gasteiger partial charge in [0.05, 0.1) is 25.8 Å². The summed E-state index contributed by atoms with van der Waals surface area (Å²) in [5.41, 5.74) is 1.43. The van der Waals surface area contributed by atoms with Crippen molar-refractivity contribution in [2.75, 3.05) is 13.7 Å². The third kappa shape index (κ3) is 3.51. The monoisotopic (exact) mass is 278 g/mol. The van der Waals surface area contributed by atoms with E-state index >= 15 is 0 Å². The van der Waals surface area contributed by atoms with Crippen molar-refractivity contribution in [3.05, 3.63) is 29.3 Å². The third-order valence-corrected chi connectivity index (χ3v) is 3.25. The van der Waals surface area contributed by atoms with Gasteiger partial charge in [-0.3, -0.25) is 4.79 Å². The minimum absolute atomic E-state index is 0.189. The number of esters is 1. The van der Waals surface area contributed by atoms with Crippen molar-refractivity contribution in [2.45, 2.75) is 13.3 Å². The van der Waals surface area contributed by atoms with Crippen LogP contribution in [-0.2, 0) is 16.0 Å². The summed E-state index contributed by atoms with van der Waals surface area (Å²) >= 11 is 1.44. The van der Waals surface area contributed by atoms with E-state index in [1.807, 2.05) is 17.5 Å². The first kappa shape index (κ1) is 13.5. The molecule has 2 heterocycles. The zero-order valence-electron chi connectivity index (χ0n) is 10.8. The second-order valence-corrected chi connectivity index (χ2v) is 4.55. The summed E-state index contributed by atoms with van der Waals surface area (Å²) in [4.78, 5) is 20.0.